The van der Waals surface area contributed by atoms with E-state index in [0.717, 1.165) is 24.2 Å². The number of carbonyl (C=O) groups is 1. The lowest BCUT2D eigenvalue weighted by Gasteiger charge is -2.29. The van der Waals surface area contributed by atoms with E-state index in [1.807, 2.05) is 0 Å². The van der Waals surface area contributed by atoms with E-state index in [1.165, 1.54) is 22.2 Å². The molecule has 0 radical (unpaired) electrons. The van der Waals surface area contributed by atoms with Crippen LogP contribution < -0.4 is 0 Å². The third-order valence-corrected chi connectivity index (χ3v) is 6.10. The molecule has 1 aliphatic rings. The largest absolute Gasteiger partial charge is 0.477 e. The van der Waals surface area contributed by atoms with Gasteiger partial charge in [0.1, 0.15) is 4.88 Å². The highest BCUT2D eigenvalue weighted by molar-refractivity contribution is 7.89. The molecule has 1 aliphatic carbocycles. The first-order valence-corrected chi connectivity index (χ1v) is 8.01. The third kappa shape index (κ3) is 2.57. The molecule has 1 fully saturated rings. The van der Waals surface area contributed by atoms with E-state index in [9.17, 15) is 13.2 Å². The molecule has 0 saturated heterocycles. The minimum Gasteiger partial charge on any atom is -0.477 e. The maximum absolute atomic E-state index is 12.2. The van der Waals surface area contributed by atoms with Crippen LogP contribution >= 0.6 is 11.3 Å². The Labute approximate surface area is 110 Å². The van der Waals surface area contributed by atoms with Gasteiger partial charge in [0.15, 0.2) is 0 Å². The van der Waals surface area contributed by atoms with E-state index < -0.39 is 16.0 Å². The van der Waals surface area contributed by atoms with Crippen molar-refractivity contribution in [3.63, 3.8) is 0 Å². The first kappa shape index (κ1) is 13.5. The highest BCUT2D eigenvalue weighted by Crippen LogP contribution is 2.29. The minimum absolute atomic E-state index is 0.0469. The molecular formula is C11H15NO4S2. The van der Waals surface area contributed by atoms with Crippen molar-refractivity contribution in [1.29, 1.82) is 0 Å². The number of hydrogen-bond acceptors (Lipinski definition) is 4. The molecule has 0 aromatic carbocycles. The molecule has 5 nitrogen and oxygen atoms in total. The fraction of sp³-hybridized carbons (Fsp3) is 0.545. The Morgan fingerprint density at radius 2 is 2.22 bits per heavy atom. The molecule has 0 unspecified atom stereocenters. The smallest absolute Gasteiger partial charge is 0.345 e. The predicted octanol–water partition coefficient (Wildman–Crippen LogP) is 1.87. The van der Waals surface area contributed by atoms with Gasteiger partial charge in [0, 0.05) is 19.0 Å². The van der Waals surface area contributed by atoms with Crippen LogP contribution in [0.25, 0.3) is 0 Å². The van der Waals surface area contributed by atoms with Crippen LogP contribution in [-0.4, -0.2) is 37.4 Å². The number of thiophene rings is 1. The zero-order valence-corrected chi connectivity index (χ0v) is 11.6. The molecule has 1 aromatic heterocycles. The molecule has 0 amide bonds. The zero-order valence-electron chi connectivity index (χ0n) is 10.00. The highest BCUT2D eigenvalue weighted by Gasteiger charge is 2.27. The van der Waals surface area contributed by atoms with Crippen LogP contribution in [0.3, 0.4) is 0 Å². The number of carboxylic acid groups (broad SMARTS) is 1. The second-order valence-corrected chi connectivity index (χ2v) is 7.49. The summed E-state index contributed by atoms with van der Waals surface area (Å²) < 4.78 is 25.7. The van der Waals surface area contributed by atoms with Crippen LogP contribution in [0.2, 0.25) is 0 Å². The van der Waals surface area contributed by atoms with Crippen LogP contribution in [0.4, 0.5) is 0 Å². The van der Waals surface area contributed by atoms with Crippen molar-refractivity contribution in [3.8, 4) is 0 Å². The number of rotatable bonds is 5. The van der Waals surface area contributed by atoms with E-state index in [2.05, 4.69) is 0 Å². The van der Waals surface area contributed by atoms with Crippen molar-refractivity contribution in [2.24, 2.45) is 5.92 Å². The predicted molar refractivity (Wildman–Crippen MR) is 68.4 cm³/mol. The molecule has 0 spiro atoms. The van der Waals surface area contributed by atoms with Crippen molar-refractivity contribution < 1.29 is 18.3 Å². The quantitative estimate of drug-likeness (QED) is 0.898. The third-order valence-electron chi connectivity index (χ3n) is 3.23. The van der Waals surface area contributed by atoms with Crippen LogP contribution in [0.15, 0.2) is 16.3 Å². The number of aromatic carboxylic acids is 1. The molecule has 18 heavy (non-hydrogen) atoms. The summed E-state index contributed by atoms with van der Waals surface area (Å²) in [5, 5.41) is 10.2. The lowest BCUT2D eigenvalue weighted by Crippen LogP contribution is -2.34. The Hall–Kier alpha value is -0.920. The Kier molecular flexibility index (Phi) is 3.74. The fourth-order valence-electron chi connectivity index (χ4n) is 1.88. The second kappa shape index (κ2) is 4.99. The summed E-state index contributed by atoms with van der Waals surface area (Å²) in [5.74, 6) is -0.648. The summed E-state index contributed by atoms with van der Waals surface area (Å²) in [7, 11) is -2.00. The number of sulfonamides is 1. The molecule has 0 atom stereocenters. The molecule has 1 aromatic rings. The zero-order chi connectivity index (χ0) is 13.3. The van der Waals surface area contributed by atoms with Gasteiger partial charge < -0.3 is 5.11 Å². The minimum atomic E-state index is -3.54. The van der Waals surface area contributed by atoms with Gasteiger partial charge in [0.25, 0.3) is 0 Å². The molecular weight excluding hydrogens is 274 g/mol. The molecule has 2 rings (SSSR count). The summed E-state index contributed by atoms with van der Waals surface area (Å²) >= 11 is 0.935. The van der Waals surface area contributed by atoms with Crippen LogP contribution in [0.1, 0.15) is 28.9 Å². The van der Waals surface area contributed by atoms with E-state index >= 15 is 0 Å². The normalized spacial score (nSPS) is 16.8. The Morgan fingerprint density at radius 1 is 1.56 bits per heavy atom. The van der Waals surface area contributed by atoms with Gasteiger partial charge in [0.2, 0.25) is 10.0 Å². The lowest BCUT2D eigenvalue weighted by atomic mass is 9.86. The first-order chi connectivity index (χ1) is 8.41. The average molecular weight is 289 g/mol. The summed E-state index contributed by atoms with van der Waals surface area (Å²) in [5.41, 5.74) is 0. The summed E-state index contributed by atoms with van der Waals surface area (Å²) in [4.78, 5) is 10.9. The lowest BCUT2D eigenvalue weighted by molar-refractivity contribution is 0.0702. The van der Waals surface area contributed by atoms with Crippen LogP contribution in [0, 0.1) is 5.92 Å². The second-order valence-electron chi connectivity index (χ2n) is 4.53. The topological polar surface area (TPSA) is 74.7 Å². The Balaban J connectivity index is 2.15. The summed E-state index contributed by atoms with van der Waals surface area (Å²) in [6, 6.07) is 1.22. The van der Waals surface area contributed by atoms with E-state index in [-0.39, 0.29) is 9.77 Å². The van der Waals surface area contributed by atoms with Crippen molar-refractivity contribution >= 4 is 27.3 Å². The molecule has 1 saturated carbocycles. The maximum atomic E-state index is 12.2. The van der Waals surface area contributed by atoms with Crippen molar-refractivity contribution in [3.05, 3.63) is 16.3 Å². The standard InChI is InChI=1S/C11H15NO4S2/c1-12(6-8-3-2-4-8)18(15,16)9-5-10(11(13)14)17-7-9/h5,7-8H,2-4,6H2,1H3,(H,13,14). The Bertz CT molecular complexity index is 545. The van der Waals surface area contributed by atoms with Gasteiger partial charge in [-0.05, 0) is 24.8 Å². The van der Waals surface area contributed by atoms with E-state index in [1.54, 1.807) is 7.05 Å². The van der Waals surface area contributed by atoms with Gasteiger partial charge in [-0.25, -0.2) is 17.5 Å². The SMILES string of the molecule is CN(CC1CCC1)S(=O)(=O)c1csc(C(=O)O)c1. The van der Waals surface area contributed by atoms with Gasteiger partial charge in [-0.2, -0.15) is 0 Å². The number of nitrogens with zero attached hydrogens (tertiary/aromatic N) is 1. The van der Waals surface area contributed by atoms with E-state index in [0.29, 0.717) is 12.5 Å². The Morgan fingerprint density at radius 3 is 2.67 bits per heavy atom. The van der Waals surface area contributed by atoms with Gasteiger partial charge in [-0.15, -0.1) is 11.3 Å². The van der Waals surface area contributed by atoms with E-state index in [4.69, 9.17) is 5.11 Å². The van der Waals surface area contributed by atoms with Gasteiger partial charge in [0.05, 0.1) is 4.90 Å². The highest BCUT2D eigenvalue weighted by atomic mass is 32.2. The van der Waals surface area contributed by atoms with Gasteiger partial charge in [-0.1, -0.05) is 6.42 Å². The molecule has 100 valence electrons. The molecule has 0 aliphatic heterocycles. The summed E-state index contributed by atoms with van der Waals surface area (Å²) in [6.07, 6.45) is 3.31. The molecule has 0 bridgehead atoms. The maximum Gasteiger partial charge on any atom is 0.345 e. The van der Waals surface area contributed by atoms with Gasteiger partial charge in [-0.3, -0.25) is 0 Å². The van der Waals surface area contributed by atoms with Crippen molar-refractivity contribution in [2.45, 2.75) is 24.2 Å². The molecule has 1 heterocycles. The van der Waals surface area contributed by atoms with Crippen molar-refractivity contribution in [1.82, 2.24) is 4.31 Å². The van der Waals surface area contributed by atoms with Crippen molar-refractivity contribution in [2.75, 3.05) is 13.6 Å². The number of hydrogen-bond donors (Lipinski definition) is 1. The van der Waals surface area contributed by atoms with Gasteiger partial charge >= 0.3 is 5.97 Å². The molecule has 1 N–H and O–H groups in total. The van der Waals surface area contributed by atoms with Crippen LogP contribution in [0.5, 0.6) is 0 Å². The number of carboxylic acids is 1. The monoisotopic (exact) mass is 289 g/mol. The fourth-order valence-corrected chi connectivity index (χ4v) is 4.23. The summed E-state index contributed by atoms with van der Waals surface area (Å²) in [6.45, 7) is 0.514. The van der Waals surface area contributed by atoms with Crippen LogP contribution in [-0.2, 0) is 10.0 Å². The first-order valence-electron chi connectivity index (χ1n) is 5.69. The molecule has 7 heteroatoms. The average Bonchev–Trinajstić information content (AvgIpc) is 2.72.